The first-order valence-electron chi connectivity index (χ1n) is 4.19. The monoisotopic (exact) mass is 196 g/mol. The van der Waals surface area contributed by atoms with Crippen molar-refractivity contribution in [2.24, 2.45) is 4.99 Å². The Bertz CT molecular complexity index is 262. The van der Waals surface area contributed by atoms with E-state index in [0.29, 0.717) is 0 Å². The first-order chi connectivity index (χ1) is 6.35. The van der Waals surface area contributed by atoms with Crippen LogP contribution < -0.4 is 5.32 Å². The van der Waals surface area contributed by atoms with Gasteiger partial charge in [-0.05, 0) is 20.8 Å². The van der Waals surface area contributed by atoms with E-state index in [2.05, 4.69) is 23.5 Å². The van der Waals surface area contributed by atoms with E-state index in [1.165, 1.54) is 12.3 Å². The molecule has 0 radical (unpaired) electrons. The number of aliphatic imine (C=N–C) groups is 1. The Balaban J connectivity index is 4.01. The molecule has 0 spiro atoms. The van der Waals surface area contributed by atoms with Crippen LogP contribution in [0.25, 0.3) is 0 Å². The molecule has 1 amide bonds. The van der Waals surface area contributed by atoms with Crippen molar-refractivity contribution in [3.8, 4) is 0 Å². The van der Waals surface area contributed by atoms with Gasteiger partial charge >= 0.3 is 6.09 Å². The summed E-state index contributed by atoms with van der Waals surface area (Å²) in [6, 6.07) is 0. The molecule has 4 nitrogen and oxygen atoms in total. The normalized spacial score (nSPS) is 11.1. The average molecular weight is 196 g/mol. The summed E-state index contributed by atoms with van der Waals surface area (Å²) >= 11 is 0. The predicted molar refractivity (Wildman–Crippen MR) is 57.2 cm³/mol. The van der Waals surface area contributed by atoms with Crippen LogP contribution in [0.15, 0.2) is 30.0 Å². The van der Waals surface area contributed by atoms with Crippen LogP contribution in [0, 0.1) is 0 Å². The van der Waals surface area contributed by atoms with Gasteiger partial charge in [-0.3, -0.25) is 5.32 Å². The molecular weight excluding hydrogens is 180 g/mol. The molecule has 14 heavy (non-hydrogen) atoms. The number of ether oxygens (including phenoxy) is 1. The molecule has 0 aromatic carbocycles. The zero-order valence-corrected chi connectivity index (χ0v) is 8.83. The van der Waals surface area contributed by atoms with Crippen LogP contribution in [-0.4, -0.2) is 17.9 Å². The third-order valence-corrected chi connectivity index (χ3v) is 0.981. The quantitative estimate of drug-likeness (QED) is 0.704. The summed E-state index contributed by atoms with van der Waals surface area (Å²) in [6.45, 7) is 12.3. The maximum absolute atomic E-state index is 11.1. The Labute approximate surface area is 84.4 Å². The fraction of sp³-hybridized carbons (Fsp3) is 0.400. The largest absolute Gasteiger partial charge is 0.444 e. The Morgan fingerprint density at radius 1 is 1.50 bits per heavy atom. The van der Waals surface area contributed by atoms with Crippen molar-refractivity contribution in [2.45, 2.75) is 26.4 Å². The number of hydrogen-bond donors (Lipinski definition) is 1. The maximum atomic E-state index is 11.1. The standard InChI is InChI=1S/C10H16N2O2/c1-6-7-11-8(2)12-9(13)14-10(3,4)5/h6-7H,1-2H2,3-5H3,(H,12,13)/b11-7-. The highest BCUT2D eigenvalue weighted by Gasteiger charge is 2.15. The predicted octanol–water partition coefficient (Wildman–Crippen LogP) is 2.24. The second kappa shape index (κ2) is 5.21. The number of nitrogens with zero attached hydrogens (tertiary/aromatic N) is 1. The average Bonchev–Trinajstić information content (AvgIpc) is 1.96. The molecule has 0 aromatic rings. The molecule has 0 aliphatic carbocycles. The van der Waals surface area contributed by atoms with Gasteiger partial charge < -0.3 is 4.74 Å². The number of nitrogens with one attached hydrogen (secondary N) is 1. The molecule has 4 heteroatoms. The van der Waals surface area contributed by atoms with E-state index >= 15 is 0 Å². The molecule has 0 fully saturated rings. The number of allylic oxidation sites excluding steroid dienone is 1. The van der Waals surface area contributed by atoms with E-state index in [1.54, 1.807) is 20.8 Å². The van der Waals surface area contributed by atoms with Crippen molar-refractivity contribution in [3.05, 3.63) is 25.1 Å². The number of amides is 1. The molecule has 0 heterocycles. The van der Waals surface area contributed by atoms with Crippen molar-refractivity contribution in [1.82, 2.24) is 5.32 Å². The van der Waals surface area contributed by atoms with Gasteiger partial charge in [0, 0.05) is 6.21 Å². The van der Waals surface area contributed by atoms with Crippen LogP contribution in [0.4, 0.5) is 4.79 Å². The van der Waals surface area contributed by atoms with E-state index < -0.39 is 11.7 Å². The lowest BCUT2D eigenvalue weighted by atomic mass is 10.2. The minimum Gasteiger partial charge on any atom is -0.444 e. The van der Waals surface area contributed by atoms with Crippen LogP contribution in [-0.2, 0) is 4.74 Å². The summed E-state index contributed by atoms with van der Waals surface area (Å²) in [7, 11) is 0. The minimum atomic E-state index is -0.566. The molecule has 0 aliphatic heterocycles. The second-order valence-electron chi connectivity index (χ2n) is 3.59. The molecule has 1 N–H and O–H groups in total. The molecule has 0 unspecified atom stereocenters. The summed E-state index contributed by atoms with van der Waals surface area (Å²) in [4.78, 5) is 14.9. The second-order valence-corrected chi connectivity index (χ2v) is 3.59. The minimum absolute atomic E-state index is 0.221. The molecule has 0 aliphatic rings. The van der Waals surface area contributed by atoms with Crippen molar-refractivity contribution < 1.29 is 9.53 Å². The molecule has 0 saturated carbocycles. The summed E-state index contributed by atoms with van der Waals surface area (Å²) < 4.78 is 4.98. The summed E-state index contributed by atoms with van der Waals surface area (Å²) in [5.74, 6) is 0.221. The van der Waals surface area contributed by atoms with Crippen LogP contribution in [0.2, 0.25) is 0 Å². The third-order valence-electron chi connectivity index (χ3n) is 0.981. The molecule has 0 atom stereocenters. The third kappa shape index (κ3) is 7.09. The summed E-state index contributed by atoms with van der Waals surface area (Å²) in [5.41, 5.74) is -0.521. The van der Waals surface area contributed by atoms with Gasteiger partial charge in [0.15, 0.2) is 0 Å². The van der Waals surface area contributed by atoms with E-state index in [0.717, 1.165) is 0 Å². The lowest BCUT2D eigenvalue weighted by molar-refractivity contribution is 0.0546. The van der Waals surface area contributed by atoms with Crippen LogP contribution >= 0.6 is 0 Å². The summed E-state index contributed by atoms with van der Waals surface area (Å²) in [5, 5.41) is 2.37. The first kappa shape index (κ1) is 12.4. The number of carbonyl (C=O) groups excluding carboxylic acids is 1. The number of carbonyl (C=O) groups is 1. The topological polar surface area (TPSA) is 50.7 Å². The highest BCUT2D eigenvalue weighted by atomic mass is 16.6. The highest BCUT2D eigenvalue weighted by molar-refractivity contribution is 5.73. The van der Waals surface area contributed by atoms with Gasteiger partial charge in [-0.15, -0.1) is 0 Å². The van der Waals surface area contributed by atoms with Gasteiger partial charge in [-0.25, -0.2) is 9.79 Å². The zero-order valence-electron chi connectivity index (χ0n) is 8.83. The van der Waals surface area contributed by atoms with Crippen molar-refractivity contribution >= 4 is 12.3 Å². The smallest absolute Gasteiger partial charge is 0.413 e. The van der Waals surface area contributed by atoms with E-state index in [9.17, 15) is 4.79 Å². The molecule has 0 saturated heterocycles. The maximum Gasteiger partial charge on any atom is 0.413 e. The van der Waals surface area contributed by atoms with Crippen molar-refractivity contribution in [2.75, 3.05) is 0 Å². The van der Waals surface area contributed by atoms with Crippen LogP contribution in [0.5, 0.6) is 0 Å². The van der Waals surface area contributed by atoms with E-state index in [4.69, 9.17) is 4.74 Å². The van der Waals surface area contributed by atoms with Crippen molar-refractivity contribution in [1.29, 1.82) is 0 Å². The summed E-state index contributed by atoms with van der Waals surface area (Å²) in [6.07, 6.45) is 2.35. The van der Waals surface area contributed by atoms with Crippen LogP contribution in [0.1, 0.15) is 20.8 Å². The lowest BCUT2D eigenvalue weighted by Crippen LogP contribution is -2.31. The van der Waals surface area contributed by atoms with Gasteiger partial charge in [-0.1, -0.05) is 19.2 Å². The van der Waals surface area contributed by atoms with Gasteiger partial charge in [0.25, 0.3) is 0 Å². The van der Waals surface area contributed by atoms with Gasteiger partial charge in [0.2, 0.25) is 0 Å². The number of hydrogen-bond acceptors (Lipinski definition) is 3. The van der Waals surface area contributed by atoms with E-state index in [1.807, 2.05) is 0 Å². The molecule has 0 rings (SSSR count). The van der Waals surface area contributed by atoms with Crippen molar-refractivity contribution in [3.63, 3.8) is 0 Å². The van der Waals surface area contributed by atoms with Gasteiger partial charge in [-0.2, -0.15) is 0 Å². The Hall–Kier alpha value is -1.58. The highest BCUT2D eigenvalue weighted by Crippen LogP contribution is 2.06. The van der Waals surface area contributed by atoms with Gasteiger partial charge in [0.05, 0.1) is 0 Å². The molecule has 0 bridgehead atoms. The Kier molecular flexibility index (Phi) is 4.63. The fourth-order valence-corrected chi connectivity index (χ4v) is 0.596. The number of rotatable bonds is 3. The van der Waals surface area contributed by atoms with Crippen LogP contribution in [0.3, 0.4) is 0 Å². The molecule has 78 valence electrons. The molecule has 0 aromatic heterocycles. The lowest BCUT2D eigenvalue weighted by Gasteiger charge is -2.19. The van der Waals surface area contributed by atoms with Gasteiger partial charge in [0.1, 0.15) is 11.4 Å². The zero-order chi connectivity index (χ0) is 11.2. The Morgan fingerprint density at radius 2 is 2.07 bits per heavy atom. The fourth-order valence-electron chi connectivity index (χ4n) is 0.596. The Morgan fingerprint density at radius 3 is 2.50 bits per heavy atom. The number of alkyl carbamates (subject to hydrolysis) is 1. The van der Waals surface area contributed by atoms with E-state index in [-0.39, 0.29) is 5.82 Å². The first-order valence-corrected chi connectivity index (χ1v) is 4.19. The molecular formula is C10H16N2O2. The SMILES string of the molecule is C=C/C=N\C(=C)NC(=O)OC(C)(C)C.